The van der Waals surface area contributed by atoms with Gasteiger partial charge in [-0.05, 0) is 55.0 Å². The maximum Gasteiger partial charge on any atom is 0.224 e. The molecule has 1 amide bonds. The Hall–Kier alpha value is -2.01. The van der Waals surface area contributed by atoms with E-state index < -0.39 is 0 Å². The van der Waals surface area contributed by atoms with E-state index in [0.29, 0.717) is 11.3 Å². The highest BCUT2D eigenvalue weighted by molar-refractivity contribution is 9.10. The lowest BCUT2D eigenvalue weighted by atomic mass is 10.1. The van der Waals surface area contributed by atoms with Crippen LogP contribution in [0.15, 0.2) is 46.9 Å². The fourth-order valence-corrected chi connectivity index (χ4v) is 2.20. The minimum atomic E-state index is -0.389. The number of rotatable bonds is 5. The molecular formula is C17H15BrFNO2. The van der Waals surface area contributed by atoms with Crippen molar-refractivity contribution in [3.05, 3.63) is 63.9 Å². The number of nitrogens with one attached hydrogen (secondary N) is 1. The molecule has 2 aromatic rings. The summed E-state index contributed by atoms with van der Waals surface area (Å²) in [7, 11) is 0. The number of carbonyl (C=O) groups is 2. The molecule has 0 aromatic heterocycles. The van der Waals surface area contributed by atoms with Crippen LogP contribution in [0.2, 0.25) is 0 Å². The Kier molecular flexibility index (Phi) is 5.44. The maximum atomic E-state index is 12.8. The lowest BCUT2D eigenvalue weighted by Gasteiger charge is -2.07. The highest BCUT2D eigenvalue weighted by Crippen LogP contribution is 2.20. The van der Waals surface area contributed by atoms with E-state index in [1.165, 1.54) is 24.3 Å². The standard InChI is InChI=1S/C17H15BrFNO2/c1-11-10-14(6-7-15(11)18)20-17(22)9-8-16(21)12-2-4-13(19)5-3-12/h2-7,10H,8-9H2,1H3,(H,20,22). The molecule has 0 spiro atoms. The molecule has 0 aliphatic heterocycles. The van der Waals surface area contributed by atoms with Crippen molar-refractivity contribution in [3.63, 3.8) is 0 Å². The average molecular weight is 364 g/mol. The summed E-state index contributed by atoms with van der Waals surface area (Å²) in [5.74, 6) is -0.792. The Morgan fingerprint density at radius 2 is 1.77 bits per heavy atom. The van der Waals surface area contributed by atoms with Crippen molar-refractivity contribution in [2.45, 2.75) is 19.8 Å². The van der Waals surface area contributed by atoms with Crippen molar-refractivity contribution in [2.24, 2.45) is 0 Å². The average Bonchev–Trinajstić information content (AvgIpc) is 2.49. The third kappa shape index (κ3) is 4.49. The molecule has 0 radical (unpaired) electrons. The van der Waals surface area contributed by atoms with E-state index in [0.717, 1.165) is 10.0 Å². The van der Waals surface area contributed by atoms with Crippen molar-refractivity contribution in [3.8, 4) is 0 Å². The van der Waals surface area contributed by atoms with E-state index in [9.17, 15) is 14.0 Å². The summed E-state index contributed by atoms with van der Waals surface area (Å²) in [4.78, 5) is 23.8. The predicted molar refractivity (Wildman–Crippen MR) is 87.5 cm³/mol. The van der Waals surface area contributed by atoms with Gasteiger partial charge < -0.3 is 5.32 Å². The Morgan fingerprint density at radius 1 is 1.09 bits per heavy atom. The van der Waals surface area contributed by atoms with Crippen LogP contribution in [-0.4, -0.2) is 11.7 Å². The Balaban J connectivity index is 1.88. The van der Waals surface area contributed by atoms with Crippen LogP contribution in [0.25, 0.3) is 0 Å². The van der Waals surface area contributed by atoms with Gasteiger partial charge in [0.25, 0.3) is 0 Å². The maximum absolute atomic E-state index is 12.8. The van der Waals surface area contributed by atoms with Crippen LogP contribution in [0.4, 0.5) is 10.1 Å². The van der Waals surface area contributed by atoms with Crippen LogP contribution in [0.5, 0.6) is 0 Å². The number of Topliss-reactive ketones (excluding diaryl/α,β-unsaturated/α-hetero) is 1. The van der Waals surface area contributed by atoms with Gasteiger partial charge in [0.05, 0.1) is 0 Å². The summed E-state index contributed by atoms with van der Waals surface area (Å²) >= 11 is 3.39. The van der Waals surface area contributed by atoms with Gasteiger partial charge >= 0.3 is 0 Å². The summed E-state index contributed by atoms with van der Waals surface area (Å²) in [6.07, 6.45) is 0.179. The SMILES string of the molecule is Cc1cc(NC(=O)CCC(=O)c2ccc(F)cc2)ccc1Br. The third-order valence-corrected chi connectivity index (χ3v) is 4.08. The van der Waals surface area contributed by atoms with Crippen molar-refractivity contribution in [1.29, 1.82) is 0 Å². The minimum absolute atomic E-state index is 0.0886. The number of carbonyl (C=O) groups excluding carboxylic acids is 2. The van der Waals surface area contributed by atoms with Crippen molar-refractivity contribution >= 4 is 33.3 Å². The molecule has 0 aliphatic carbocycles. The molecule has 22 heavy (non-hydrogen) atoms. The lowest BCUT2D eigenvalue weighted by Crippen LogP contribution is -2.13. The molecule has 0 atom stereocenters. The van der Waals surface area contributed by atoms with Crippen LogP contribution in [0.3, 0.4) is 0 Å². The number of halogens is 2. The smallest absolute Gasteiger partial charge is 0.224 e. The van der Waals surface area contributed by atoms with Gasteiger partial charge in [-0.3, -0.25) is 9.59 Å². The Bertz CT molecular complexity index is 698. The molecule has 0 fully saturated rings. The molecule has 0 saturated carbocycles. The summed E-state index contributed by atoms with van der Waals surface area (Å²) in [6, 6.07) is 10.8. The van der Waals surface area contributed by atoms with Gasteiger partial charge in [-0.2, -0.15) is 0 Å². The quantitative estimate of drug-likeness (QED) is 0.795. The normalized spacial score (nSPS) is 10.3. The zero-order chi connectivity index (χ0) is 16.1. The van der Waals surface area contributed by atoms with Crippen LogP contribution in [0, 0.1) is 12.7 Å². The van der Waals surface area contributed by atoms with Crippen LogP contribution in [-0.2, 0) is 4.79 Å². The first-order valence-corrected chi connectivity index (χ1v) is 7.60. The second-order valence-electron chi connectivity index (χ2n) is 4.94. The van der Waals surface area contributed by atoms with Gasteiger partial charge in [-0.25, -0.2) is 4.39 Å². The summed E-state index contributed by atoms with van der Waals surface area (Å²) in [6.45, 7) is 1.93. The zero-order valence-corrected chi connectivity index (χ0v) is 13.6. The van der Waals surface area contributed by atoms with Gasteiger partial charge in [0.1, 0.15) is 5.82 Å². The summed E-state index contributed by atoms with van der Waals surface area (Å²) in [5.41, 5.74) is 2.12. The van der Waals surface area contributed by atoms with E-state index in [2.05, 4.69) is 21.2 Å². The number of aryl methyl sites for hydroxylation is 1. The Labute approximate surface area is 136 Å². The van der Waals surface area contributed by atoms with E-state index in [-0.39, 0.29) is 30.3 Å². The number of anilines is 1. The van der Waals surface area contributed by atoms with Gasteiger partial charge in [0, 0.05) is 28.6 Å². The first kappa shape index (κ1) is 16.4. The number of hydrogen-bond donors (Lipinski definition) is 1. The predicted octanol–water partition coefficient (Wildman–Crippen LogP) is 4.50. The van der Waals surface area contributed by atoms with E-state index >= 15 is 0 Å². The lowest BCUT2D eigenvalue weighted by molar-refractivity contribution is -0.116. The highest BCUT2D eigenvalue weighted by Gasteiger charge is 2.10. The molecule has 2 aromatic carbocycles. The molecule has 0 saturated heterocycles. The van der Waals surface area contributed by atoms with Gasteiger partial charge in [0.15, 0.2) is 5.78 Å². The zero-order valence-electron chi connectivity index (χ0n) is 12.0. The van der Waals surface area contributed by atoms with E-state index in [4.69, 9.17) is 0 Å². The first-order valence-electron chi connectivity index (χ1n) is 6.80. The molecule has 2 rings (SSSR count). The van der Waals surface area contributed by atoms with E-state index in [1.807, 2.05) is 19.1 Å². The molecule has 5 heteroatoms. The Morgan fingerprint density at radius 3 is 2.41 bits per heavy atom. The molecule has 0 unspecified atom stereocenters. The molecule has 114 valence electrons. The van der Waals surface area contributed by atoms with Crippen LogP contribution in [0.1, 0.15) is 28.8 Å². The fourth-order valence-electron chi connectivity index (χ4n) is 1.95. The number of ketones is 1. The fraction of sp³-hybridized carbons (Fsp3) is 0.176. The molecule has 0 heterocycles. The van der Waals surface area contributed by atoms with Crippen molar-refractivity contribution in [2.75, 3.05) is 5.32 Å². The summed E-state index contributed by atoms with van der Waals surface area (Å²) < 4.78 is 13.8. The molecule has 0 bridgehead atoms. The molecule has 3 nitrogen and oxygen atoms in total. The summed E-state index contributed by atoms with van der Waals surface area (Å²) in [5, 5.41) is 2.75. The van der Waals surface area contributed by atoms with Gasteiger partial charge in [0.2, 0.25) is 5.91 Å². The van der Waals surface area contributed by atoms with Crippen LogP contribution >= 0.6 is 15.9 Å². The number of hydrogen-bond acceptors (Lipinski definition) is 2. The van der Waals surface area contributed by atoms with Gasteiger partial charge in [-0.15, -0.1) is 0 Å². The molecule has 0 aliphatic rings. The second-order valence-corrected chi connectivity index (χ2v) is 5.80. The van der Waals surface area contributed by atoms with Crippen LogP contribution < -0.4 is 5.32 Å². The largest absolute Gasteiger partial charge is 0.326 e. The number of benzene rings is 2. The highest BCUT2D eigenvalue weighted by atomic mass is 79.9. The van der Waals surface area contributed by atoms with Crippen molar-refractivity contribution < 1.29 is 14.0 Å². The third-order valence-electron chi connectivity index (χ3n) is 3.19. The van der Waals surface area contributed by atoms with Crippen molar-refractivity contribution in [1.82, 2.24) is 0 Å². The monoisotopic (exact) mass is 363 g/mol. The minimum Gasteiger partial charge on any atom is -0.326 e. The number of amides is 1. The topological polar surface area (TPSA) is 46.2 Å². The molecular weight excluding hydrogens is 349 g/mol. The first-order chi connectivity index (χ1) is 10.5. The molecule has 1 N–H and O–H groups in total. The second kappa shape index (κ2) is 7.31. The van der Waals surface area contributed by atoms with E-state index in [1.54, 1.807) is 6.07 Å². The van der Waals surface area contributed by atoms with Gasteiger partial charge in [-0.1, -0.05) is 15.9 Å².